The van der Waals surface area contributed by atoms with Crippen LogP contribution in [0.15, 0.2) is 4.79 Å². The van der Waals surface area contributed by atoms with Crippen molar-refractivity contribution in [2.45, 2.75) is 27.2 Å². The average Bonchev–Trinajstić information content (AvgIpc) is 2.91. The van der Waals surface area contributed by atoms with Gasteiger partial charge in [0.2, 0.25) is 5.91 Å². The van der Waals surface area contributed by atoms with Gasteiger partial charge in [-0.25, -0.2) is 9.78 Å². The first-order valence-corrected chi connectivity index (χ1v) is 9.11. The summed E-state index contributed by atoms with van der Waals surface area (Å²) in [6.07, 6.45) is -0.154. The highest BCUT2D eigenvalue weighted by molar-refractivity contribution is 7.80. The van der Waals surface area contributed by atoms with Crippen molar-refractivity contribution < 1.29 is 14.3 Å². The number of thiophene rings is 1. The number of rotatable bonds is 5. The molecule has 1 amide bonds. The zero-order valence-corrected chi connectivity index (χ0v) is 16.2. The molecule has 2 rings (SSSR count). The van der Waals surface area contributed by atoms with Crippen molar-refractivity contribution in [1.82, 2.24) is 26.1 Å². The molecule has 0 saturated carbocycles. The van der Waals surface area contributed by atoms with Gasteiger partial charge in [0.15, 0.2) is 5.11 Å². The van der Waals surface area contributed by atoms with Gasteiger partial charge in [0.1, 0.15) is 15.5 Å². The Labute approximate surface area is 158 Å². The number of ether oxygens (including phenoxy) is 1. The Morgan fingerprint density at radius 1 is 1.31 bits per heavy atom. The van der Waals surface area contributed by atoms with E-state index in [0.717, 1.165) is 11.3 Å². The van der Waals surface area contributed by atoms with Crippen LogP contribution in [0, 0.1) is 6.92 Å². The minimum atomic E-state index is -0.493. The number of carbonyl (C=O) groups excluding carboxylic acids is 2. The number of hydrogen-bond donors (Lipinski definition) is 4. The molecule has 0 aliphatic carbocycles. The monoisotopic (exact) mass is 397 g/mol. The Morgan fingerprint density at radius 3 is 2.69 bits per heavy atom. The predicted molar refractivity (Wildman–Crippen MR) is 102 cm³/mol. The number of carbonyl (C=O) groups is 2. The molecule has 0 saturated heterocycles. The number of nitrogens with one attached hydrogen (secondary N) is 4. The number of thiocarbonyl (C=S) groups is 1. The van der Waals surface area contributed by atoms with Crippen molar-refractivity contribution in [3.63, 3.8) is 0 Å². The van der Waals surface area contributed by atoms with Crippen LogP contribution in [0.2, 0.25) is 0 Å². The highest BCUT2D eigenvalue weighted by atomic mass is 32.1. The van der Waals surface area contributed by atoms with Gasteiger partial charge in [-0.2, -0.15) is 0 Å². The first-order chi connectivity index (χ1) is 12.4. The maximum absolute atomic E-state index is 12.3. The number of hydrogen-bond acceptors (Lipinski definition) is 7. The average molecular weight is 397 g/mol. The van der Waals surface area contributed by atoms with Crippen LogP contribution in [0.1, 0.15) is 34.9 Å². The minimum Gasteiger partial charge on any atom is -0.462 e. The van der Waals surface area contributed by atoms with Gasteiger partial charge >= 0.3 is 5.97 Å². The summed E-state index contributed by atoms with van der Waals surface area (Å²) < 4.78 is 4.99. The van der Waals surface area contributed by atoms with Crippen LogP contribution in [0.3, 0.4) is 0 Å². The van der Waals surface area contributed by atoms with Crippen molar-refractivity contribution in [2.24, 2.45) is 0 Å². The molecule has 9 nitrogen and oxygen atoms in total. The molecule has 0 bridgehead atoms. The summed E-state index contributed by atoms with van der Waals surface area (Å²) in [6, 6.07) is 0. The molecule has 11 heteroatoms. The fourth-order valence-corrected chi connectivity index (χ4v) is 3.48. The van der Waals surface area contributed by atoms with E-state index in [1.54, 1.807) is 13.8 Å². The Kier molecular flexibility index (Phi) is 6.64. The molecule has 0 aliphatic heterocycles. The van der Waals surface area contributed by atoms with Crippen molar-refractivity contribution in [3.8, 4) is 0 Å². The smallest absolute Gasteiger partial charge is 0.348 e. The van der Waals surface area contributed by atoms with Gasteiger partial charge in [0.05, 0.1) is 18.4 Å². The molecule has 2 aromatic rings. The van der Waals surface area contributed by atoms with E-state index in [4.69, 9.17) is 17.0 Å². The number of aromatic nitrogens is 2. The molecule has 0 aromatic carbocycles. The van der Waals surface area contributed by atoms with E-state index in [1.165, 1.54) is 0 Å². The Morgan fingerprint density at radius 2 is 2.04 bits per heavy atom. The molecule has 0 fully saturated rings. The number of fused-ring (bicyclic) bond motifs is 1. The van der Waals surface area contributed by atoms with Gasteiger partial charge in [-0.3, -0.25) is 20.4 Å². The Hall–Kier alpha value is -2.53. The van der Waals surface area contributed by atoms with Gasteiger partial charge in [-0.1, -0.05) is 0 Å². The lowest BCUT2D eigenvalue weighted by atomic mass is 10.2. The molecule has 0 aliphatic rings. The summed E-state index contributed by atoms with van der Waals surface area (Å²) in [5, 5.41) is 3.43. The highest BCUT2D eigenvalue weighted by Gasteiger charge is 2.20. The molecule has 140 valence electrons. The lowest BCUT2D eigenvalue weighted by Gasteiger charge is -2.09. The van der Waals surface area contributed by atoms with Crippen LogP contribution >= 0.6 is 23.6 Å². The van der Waals surface area contributed by atoms with E-state index in [1.807, 2.05) is 6.92 Å². The number of nitrogens with zero attached hydrogens (tertiary/aromatic N) is 1. The SMILES string of the molecule is CCNC(=S)NNC(=O)Cc1nc2sc(C(=O)OCC)c(C)c2c(=O)[nH]1. The van der Waals surface area contributed by atoms with Crippen LogP contribution in [0.5, 0.6) is 0 Å². The predicted octanol–water partition coefficient (Wildman–Crippen LogP) is 0.527. The summed E-state index contributed by atoms with van der Waals surface area (Å²) in [7, 11) is 0. The number of esters is 1. The van der Waals surface area contributed by atoms with E-state index in [-0.39, 0.29) is 24.0 Å². The molecule has 0 spiro atoms. The summed E-state index contributed by atoms with van der Waals surface area (Å²) in [4.78, 5) is 43.8. The summed E-state index contributed by atoms with van der Waals surface area (Å²) in [6.45, 7) is 6.10. The van der Waals surface area contributed by atoms with Crippen LogP contribution < -0.4 is 21.7 Å². The van der Waals surface area contributed by atoms with Gasteiger partial charge in [-0.05, 0) is 38.6 Å². The number of amides is 1. The minimum absolute atomic E-state index is 0.154. The first kappa shape index (κ1) is 19.8. The molecule has 2 heterocycles. The third kappa shape index (κ3) is 4.55. The summed E-state index contributed by atoms with van der Waals surface area (Å²) >= 11 is 6.00. The Balaban J connectivity index is 2.20. The third-order valence-corrected chi connectivity index (χ3v) is 4.70. The normalized spacial score (nSPS) is 10.4. The van der Waals surface area contributed by atoms with Crippen molar-refractivity contribution in [3.05, 3.63) is 26.6 Å². The number of aromatic amines is 1. The quantitative estimate of drug-likeness (QED) is 0.327. The van der Waals surface area contributed by atoms with Crippen molar-refractivity contribution in [2.75, 3.05) is 13.2 Å². The van der Waals surface area contributed by atoms with E-state index in [9.17, 15) is 14.4 Å². The molecule has 0 unspecified atom stereocenters. The largest absolute Gasteiger partial charge is 0.462 e. The van der Waals surface area contributed by atoms with Crippen LogP contribution in [0.25, 0.3) is 10.2 Å². The van der Waals surface area contributed by atoms with E-state index >= 15 is 0 Å². The van der Waals surface area contributed by atoms with Crippen molar-refractivity contribution >= 4 is 50.8 Å². The topological polar surface area (TPSA) is 125 Å². The number of hydrazine groups is 1. The molecular formula is C15H19N5O4S2. The van der Waals surface area contributed by atoms with E-state index in [2.05, 4.69) is 26.1 Å². The van der Waals surface area contributed by atoms with Crippen molar-refractivity contribution in [1.29, 1.82) is 0 Å². The maximum Gasteiger partial charge on any atom is 0.348 e. The van der Waals surface area contributed by atoms with Crippen LogP contribution in [-0.2, 0) is 16.0 Å². The molecule has 2 aromatic heterocycles. The van der Waals surface area contributed by atoms with Crippen LogP contribution in [0.4, 0.5) is 0 Å². The lowest BCUT2D eigenvalue weighted by molar-refractivity contribution is -0.121. The van der Waals surface area contributed by atoms with Crippen LogP contribution in [-0.4, -0.2) is 40.1 Å². The Bertz CT molecular complexity index is 905. The fourth-order valence-electron chi connectivity index (χ4n) is 2.19. The second-order valence-electron chi connectivity index (χ2n) is 5.18. The zero-order valence-electron chi connectivity index (χ0n) is 14.5. The molecule has 0 atom stereocenters. The van der Waals surface area contributed by atoms with Gasteiger partial charge in [0, 0.05) is 6.54 Å². The zero-order chi connectivity index (χ0) is 19.3. The molecular weight excluding hydrogens is 378 g/mol. The molecule has 26 heavy (non-hydrogen) atoms. The first-order valence-electron chi connectivity index (χ1n) is 7.89. The highest BCUT2D eigenvalue weighted by Crippen LogP contribution is 2.27. The van der Waals surface area contributed by atoms with Gasteiger partial charge in [-0.15, -0.1) is 11.3 Å². The summed E-state index contributed by atoms with van der Waals surface area (Å²) in [5.74, 6) is -0.729. The maximum atomic E-state index is 12.3. The fraction of sp³-hybridized carbons (Fsp3) is 0.400. The van der Waals surface area contributed by atoms with E-state index in [0.29, 0.717) is 27.2 Å². The number of H-pyrrole nitrogens is 1. The number of aryl methyl sites for hydroxylation is 1. The third-order valence-electron chi connectivity index (χ3n) is 3.29. The summed E-state index contributed by atoms with van der Waals surface area (Å²) in [5.41, 5.74) is 5.06. The molecule has 0 radical (unpaired) electrons. The van der Waals surface area contributed by atoms with Gasteiger partial charge < -0.3 is 15.0 Å². The van der Waals surface area contributed by atoms with E-state index < -0.39 is 17.4 Å². The second-order valence-corrected chi connectivity index (χ2v) is 6.59. The standard InChI is InChI=1S/C15H19N5O4S2/c1-4-16-15(25)20-19-9(21)6-8-17-12(22)10-7(3)11(14(23)24-5-2)26-13(10)18-8/h4-6H2,1-3H3,(H,19,21)(H2,16,20,25)(H,17,18,22). The lowest BCUT2D eigenvalue weighted by Crippen LogP contribution is -2.47. The van der Waals surface area contributed by atoms with Gasteiger partial charge in [0.25, 0.3) is 5.56 Å². The molecule has 4 N–H and O–H groups in total. The second kappa shape index (κ2) is 8.72.